The standard InChI is InChI=1S/C7H6BrF3N2/c1-13(7(9,10)11)6-4-5(8)2-3-12-6/h2-4H,1H3. The van der Waals surface area contributed by atoms with Gasteiger partial charge in [0.1, 0.15) is 5.82 Å². The molecule has 0 amide bonds. The van der Waals surface area contributed by atoms with E-state index in [1.54, 1.807) is 6.07 Å². The number of rotatable bonds is 1. The highest BCUT2D eigenvalue weighted by atomic mass is 79.9. The molecule has 0 bridgehead atoms. The molecule has 1 heterocycles. The van der Waals surface area contributed by atoms with Gasteiger partial charge >= 0.3 is 6.30 Å². The van der Waals surface area contributed by atoms with Crippen molar-refractivity contribution >= 4 is 21.7 Å². The van der Waals surface area contributed by atoms with Crippen LogP contribution in [-0.2, 0) is 0 Å². The van der Waals surface area contributed by atoms with Crippen molar-refractivity contribution in [2.75, 3.05) is 11.9 Å². The normalized spacial score (nSPS) is 11.5. The number of hydrogen-bond donors (Lipinski definition) is 0. The van der Waals surface area contributed by atoms with E-state index in [1.807, 2.05) is 0 Å². The number of hydrogen-bond acceptors (Lipinski definition) is 2. The molecule has 0 spiro atoms. The molecule has 13 heavy (non-hydrogen) atoms. The number of aromatic nitrogens is 1. The second kappa shape index (κ2) is 3.53. The summed E-state index contributed by atoms with van der Waals surface area (Å²) in [6.45, 7) is 0. The molecule has 0 aromatic carbocycles. The molecule has 1 rings (SSSR count). The van der Waals surface area contributed by atoms with Crippen molar-refractivity contribution < 1.29 is 13.2 Å². The third-order valence-corrected chi connectivity index (χ3v) is 1.92. The first kappa shape index (κ1) is 10.3. The van der Waals surface area contributed by atoms with E-state index in [4.69, 9.17) is 0 Å². The molecule has 0 atom stereocenters. The number of pyridine rings is 1. The van der Waals surface area contributed by atoms with Crippen LogP contribution in [0, 0.1) is 0 Å². The number of alkyl halides is 3. The van der Waals surface area contributed by atoms with Gasteiger partial charge in [0, 0.05) is 17.7 Å². The maximum atomic E-state index is 12.1. The molecule has 0 saturated heterocycles. The highest BCUT2D eigenvalue weighted by Gasteiger charge is 2.35. The Bertz CT molecular complexity index is 300. The molecule has 1 aromatic rings. The lowest BCUT2D eigenvalue weighted by Gasteiger charge is -2.20. The molecule has 0 saturated carbocycles. The Hall–Kier alpha value is -0.780. The van der Waals surface area contributed by atoms with E-state index in [0.29, 0.717) is 4.47 Å². The summed E-state index contributed by atoms with van der Waals surface area (Å²) < 4.78 is 37.0. The SMILES string of the molecule is CN(c1cc(Br)ccn1)C(F)(F)F. The summed E-state index contributed by atoms with van der Waals surface area (Å²) in [7, 11) is 0.925. The van der Waals surface area contributed by atoms with Gasteiger partial charge in [-0.05, 0) is 12.1 Å². The van der Waals surface area contributed by atoms with Crippen molar-refractivity contribution in [3.8, 4) is 0 Å². The average molecular weight is 255 g/mol. The molecule has 0 aliphatic heterocycles. The average Bonchev–Trinajstić information content (AvgIpc) is 2.01. The van der Waals surface area contributed by atoms with Crippen LogP contribution >= 0.6 is 15.9 Å². The molecular weight excluding hydrogens is 249 g/mol. The summed E-state index contributed by atoms with van der Waals surface area (Å²) in [6, 6.07) is 2.86. The number of halogens is 4. The van der Waals surface area contributed by atoms with Crippen LogP contribution in [0.1, 0.15) is 0 Å². The molecule has 0 unspecified atom stereocenters. The lowest BCUT2D eigenvalue weighted by Crippen LogP contribution is -2.34. The second-order valence-corrected chi connectivity index (χ2v) is 3.27. The molecular formula is C7H6BrF3N2. The summed E-state index contributed by atoms with van der Waals surface area (Å²) in [5.74, 6) is -0.137. The smallest absolute Gasteiger partial charge is 0.271 e. The monoisotopic (exact) mass is 254 g/mol. The summed E-state index contributed by atoms with van der Waals surface area (Å²) in [5.41, 5.74) is 0. The minimum atomic E-state index is -4.40. The fraction of sp³-hybridized carbons (Fsp3) is 0.286. The molecule has 0 aliphatic rings. The molecule has 0 aliphatic carbocycles. The molecule has 1 aromatic heterocycles. The largest absolute Gasteiger partial charge is 0.485 e. The molecule has 72 valence electrons. The van der Waals surface area contributed by atoms with Crippen LogP contribution in [0.5, 0.6) is 0 Å². The van der Waals surface area contributed by atoms with E-state index in [0.717, 1.165) is 7.05 Å². The van der Waals surface area contributed by atoms with E-state index in [-0.39, 0.29) is 10.7 Å². The van der Waals surface area contributed by atoms with Crippen molar-refractivity contribution in [3.05, 3.63) is 22.8 Å². The van der Waals surface area contributed by atoms with Gasteiger partial charge in [0.15, 0.2) is 0 Å². The Kier molecular flexibility index (Phi) is 2.80. The molecule has 0 N–H and O–H groups in total. The quantitative estimate of drug-likeness (QED) is 0.717. The van der Waals surface area contributed by atoms with Gasteiger partial charge in [-0.1, -0.05) is 15.9 Å². The van der Waals surface area contributed by atoms with Gasteiger partial charge in [0.25, 0.3) is 0 Å². The lowest BCUT2D eigenvalue weighted by molar-refractivity contribution is -0.126. The first-order chi connectivity index (χ1) is 5.91. The van der Waals surface area contributed by atoms with Crippen molar-refractivity contribution in [1.29, 1.82) is 0 Å². The zero-order valence-corrected chi connectivity index (χ0v) is 8.22. The first-order valence-electron chi connectivity index (χ1n) is 3.33. The van der Waals surface area contributed by atoms with Gasteiger partial charge in [-0.2, -0.15) is 13.2 Å². The number of nitrogens with zero attached hydrogens (tertiary/aromatic N) is 2. The topological polar surface area (TPSA) is 16.1 Å². The van der Waals surface area contributed by atoms with Gasteiger partial charge in [-0.15, -0.1) is 0 Å². The fourth-order valence-electron chi connectivity index (χ4n) is 0.707. The van der Waals surface area contributed by atoms with Gasteiger partial charge in [-0.3, -0.25) is 4.90 Å². The van der Waals surface area contributed by atoms with E-state index in [1.165, 1.54) is 12.3 Å². The third-order valence-electron chi connectivity index (χ3n) is 1.43. The summed E-state index contributed by atoms with van der Waals surface area (Å²) in [5, 5.41) is 0. The number of anilines is 1. The van der Waals surface area contributed by atoms with Gasteiger partial charge in [0.05, 0.1) is 0 Å². The highest BCUT2D eigenvalue weighted by molar-refractivity contribution is 9.10. The highest BCUT2D eigenvalue weighted by Crippen LogP contribution is 2.26. The van der Waals surface area contributed by atoms with Crippen LogP contribution in [0.4, 0.5) is 19.0 Å². The van der Waals surface area contributed by atoms with Crippen LogP contribution in [-0.4, -0.2) is 18.3 Å². The van der Waals surface area contributed by atoms with Gasteiger partial charge in [0.2, 0.25) is 0 Å². The maximum Gasteiger partial charge on any atom is 0.485 e. The summed E-state index contributed by atoms with van der Waals surface area (Å²) in [6.07, 6.45) is -3.09. The Morgan fingerprint density at radius 3 is 2.54 bits per heavy atom. The minimum Gasteiger partial charge on any atom is -0.271 e. The summed E-state index contributed by atoms with van der Waals surface area (Å²) >= 11 is 3.06. The van der Waals surface area contributed by atoms with E-state index < -0.39 is 6.30 Å². The summed E-state index contributed by atoms with van der Waals surface area (Å²) in [4.78, 5) is 3.73. The van der Waals surface area contributed by atoms with Gasteiger partial charge < -0.3 is 0 Å². The van der Waals surface area contributed by atoms with Crippen LogP contribution in [0.2, 0.25) is 0 Å². The van der Waals surface area contributed by atoms with Crippen LogP contribution in [0.3, 0.4) is 0 Å². The predicted molar refractivity (Wildman–Crippen MR) is 46.4 cm³/mol. The van der Waals surface area contributed by atoms with Crippen molar-refractivity contribution in [1.82, 2.24) is 4.98 Å². The van der Waals surface area contributed by atoms with Gasteiger partial charge in [-0.25, -0.2) is 4.98 Å². The predicted octanol–water partition coefficient (Wildman–Crippen LogP) is 2.80. The van der Waals surface area contributed by atoms with E-state index in [2.05, 4.69) is 20.9 Å². The van der Waals surface area contributed by atoms with E-state index >= 15 is 0 Å². The first-order valence-corrected chi connectivity index (χ1v) is 4.12. The van der Waals surface area contributed by atoms with E-state index in [9.17, 15) is 13.2 Å². The van der Waals surface area contributed by atoms with Crippen LogP contribution in [0.15, 0.2) is 22.8 Å². The zero-order valence-electron chi connectivity index (χ0n) is 6.64. The van der Waals surface area contributed by atoms with Crippen LogP contribution < -0.4 is 4.90 Å². The molecule has 0 radical (unpaired) electrons. The third kappa shape index (κ3) is 2.58. The maximum absolute atomic E-state index is 12.1. The Morgan fingerprint density at radius 2 is 2.08 bits per heavy atom. The minimum absolute atomic E-state index is 0.137. The van der Waals surface area contributed by atoms with Crippen LogP contribution in [0.25, 0.3) is 0 Å². The van der Waals surface area contributed by atoms with Crippen molar-refractivity contribution in [3.63, 3.8) is 0 Å². The molecule has 2 nitrogen and oxygen atoms in total. The zero-order chi connectivity index (χ0) is 10.1. The fourth-order valence-corrected chi connectivity index (χ4v) is 1.03. The Labute approximate surface area is 81.5 Å². The van der Waals surface area contributed by atoms with Crippen molar-refractivity contribution in [2.45, 2.75) is 6.30 Å². The lowest BCUT2D eigenvalue weighted by atomic mass is 10.4. The van der Waals surface area contributed by atoms with Crippen molar-refractivity contribution in [2.24, 2.45) is 0 Å². The Balaban J connectivity index is 2.96. The Morgan fingerprint density at radius 1 is 1.46 bits per heavy atom. The molecule has 0 fully saturated rings. The molecule has 6 heteroatoms. The second-order valence-electron chi connectivity index (χ2n) is 2.36.